The monoisotopic (exact) mass is 665 g/mol. The lowest BCUT2D eigenvalue weighted by atomic mass is 9.76. The molecule has 4 heterocycles. The lowest BCUT2D eigenvalue weighted by Gasteiger charge is -2.39. The number of hydrogen-bond acceptors (Lipinski definition) is 9. The van der Waals surface area contributed by atoms with Gasteiger partial charge in [0, 0.05) is 37.5 Å². The average molecular weight is 666 g/mol. The van der Waals surface area contributed by atoms with E-state index in [9.17, 15) is 23.1 Å². The van der Waals surface area contributed by atoms with Crippen LogP contribution in [0.25, 0.3) is 16.8 Å². The number of rotatable bonds is 9. The molecule has 48 heavy (non-hydrogen) atoms. The number of piperidine rings is 1. The first kappa shape index (κ1) is 33.1. The van der Waals surface area contributed by atoms with Crippen LogP contribution in [0.1, 0.15) is 50.5 Å². The molecule has 0 amide bonds. The number of halogens is 3. The third kappa shape index (κ3) is 7.18. The zero-order valence-electron chi connectivity index (χ0n) is 26.9. The van der Waals surface area contributed by atoms with Gasteiger partial charge in [0.2, 0.25) is 17.9 Å². The van der Waals surface area contributed by atoms with Gasteiger partial charge in [-0.05, 0) is 80.8 Å². The topological polar surface area (TPSA) is 141 Å². The second kappa shape index (κ2) is 13.0. The Morgan fingerprint density at radius 1 is 1.06 bits per heavy atom. The SMILES string of the molecule is Cc1ccn(-c2cc(-c3cccc(OC(C)C)c3)ccc2[C@@H](Oc2cc(N3CCC4(CC3)CN[C@H](C(=O)O)C4)nc(N)n2)C(F)(F)F)n1. The molecule has 0 bridgehead atoms. The smallest absolute Gasteiger partial charge is 0.429 e. The summed E-state index contributed by atoms with van der Waals surface area (Å²) in [6.45, 7) is 7.24. The molecule has 2 aromatic carbocycles. The molecule has 0 saturated carbocycles. The number of anilines is 2. The standard InChI is InChI=1S/C34H38F3N7O4/c1-20(2)47-24-6-4-5-22(15-24)23-7-8-25(27(16-23)44-12-9-21(3)42-44)30(34(35,36)37)48-29-17-28(40-32(38)41-29)43-13-10-33(11-14-43)18-26(31(45)46)39-19-33/h4-9,12,15-17,20,26,30,39H,10-11,13-14,18-19H2,1-3H3,(H,45,46)(H2,38,40,41)/t26-,30+/m0/s1. The first-order valence-electron chi connectivity index (χ1n) is 15.8. The number of aryl methyl sites for hydroxylation is 1. The molecule has 2 atom stereocenters. The third-order valence-electron chi connectivity index (χ3n) is 8.87. The second-order valence-electron chi connectivity index (χ2n) is 12.8. The van der Waals surface area contributed by atoms with Gasteiger partial charge in [-0.15, -0.1) is 0 Å². The normalized spacial score (nSPS) is 18.3. The Labute approximate surface area is 275 Å². The van der Waals surface area contributed by atoms with E-state index in [1.165, 1.54) is 16.8 Å². The maximum absolute atomic E-state index is 14.9. The van der Waals surface area contributed by atoms with E-state index in [1.807, 2.05) is 43.0 Å². The average Bonchev–Trinajstić information content (AvgIpc) is 3.65. The van der Waals surface area contributed by atoms with Crippen LogP contribution in [0.5, 0.6) is 11.6 Å². The lowest BCUT2D eigenvalue weighted by Crippen LogP contribution is -2.41. The minimum atomic E-state index is -4.84. The van der Waals surface area contributed by atoms with Crippen LogP contribution < -0.4 is 25.4 Å². The van der Waals surface area contributed by atoms with E-state index in [4.69, 9.17) is 15.2 Å². The molecule has 254 valence electrons. The van der Waals surface area contributed by atoms with E-state index >= 15 is 0 Å². The Bertz CT molecular complexity index is 1790. The minimum absolute atomic E-state index is 0.0472. The van der Waals surface area contributed by atoms with Crippen LogP contribution in [0.4, 0.5) is 24.9 Å². The summed E-state index contributed by atoms with van der Waals surface area (Å²) in [7, 11) is 0. The number of alkyl halides is 3. The van der Waals surface area contributed by atoms with Crippen molar-refractivity contribution in [1.29, 1.82) is 0 Å². The van der Waals surface area contributed by atoms with Crippen molar-refractivity contribution in [1.82, 2.24) is 25.1 Å². The van der Waals surface area contributed by atoms with E-state index < -0.39 is 24.3 Å². The number of aromatic nitrogens is 4. The summed E-state index contributed by atoms with van der Waals surface area (Å²) in [4.78, 5) is 21.7. The van der Waals surface area contributed by atoms with Crippen molar-refractivity contribution < 1.29 is 32.5 Å². The van der Waals surface area contributed by atoms with Crippen LogP contribution in [-0.2, 0) is 4.79 Å². The van der Waals surface area contributed by atoms with Gasteiger partial charge in [-0.25, -0.2) is 4.68 Å². The molecule has 0 aliphatic carbocycles. The van der Waals surface area contributed by atoms with Crippen LogP contribution in [0.2, 0.25) is 0 Å². The van der Waals surface area contributed by atoms with Crippen LogP contribution in [0.15, 0.2) is 60.8 Å². The number of ether oxygens (including phenoxy) is 2. The number of nitrogens with two attached hydrogens (primary N) is 1. The summed E-state index contributed by atoms with van der Waals surface area (Å²) < 4.78 is 57.6. The number of hydrogen-bond donors (Lipinski definition) is 3. The number of aliphatic carboxylic acids is 1. The summed E-state index contributed by atoms with van der Waals surface area (Å²) >= 11 is 0. The highest BCUT2D eigenvalue weighted by molar-refractivity contribution is 5.74. The fourth-order valence-electron chi connectivity index (χ4n) is 6.48. The zero-order chi connectivity index (χ0) is 34.2. The van der Waals surface area contributed by atoms with Gasteiger partial charge in [0.05, 0.1) is 17.5 Å². The van der Waals surface area contributed by atoms with Crippen LogP contribution in [0, 0.1) is 12.3 Å². The molecule has 6 rings (SSSR count). The van der Waals surface area contributed by atoms with Gasteiger partial charge >= 0.3 is 12.1 Å². The molecule has 11 nitrogen and oxygen atoms in total. The Hall–Kier alpha value is -4.85. The molecule has 2 fully saturated rings. The zero-order valence-corrected chi connectivity index (χ0v) is 26.9. The number of carbonyl (C=O) groups is 1. The molecule has 4 N–H and O–H groups in total. The van der Waals surface area contributed by atoms with Gasteiger partial charge in [-0.1, -0.05) is 24.3 Å². The number of nitrogens with zero attached hydrogens (tertiary/aromatic N) is 5. The highest BCUT2D eigenvalue weighted by atomic mass is 19.4. The second-order valence-corrected chi connectivity index (χ2v) is 12.8. The summed E-state index contributed by atoms with van der Waals surface area (Å²) in [5.41, 5.74) is 7.92. The van der Waals surface area contributed by atoms with Crippen molar-refractivity contribution in [2.24, 2.45) is 5.41 Å². The number of nitrogen functional groups attached to an aromatic ring is 1. The Kier molecular flexibility index (Phi) is 8.94. The van der Waals surface area contributed by atoms with Crippen LogP contribution in [0.3, 0.4) is 0 Å². The van der Waals surface area contributed by atoms with Gasteiger partial charge in [0.25, 0.3) is 0 Å². The lowest BCUT2D eigenvalue weighted by molar-refractivity contribution is -0.198. The fourth-order valence-corrected chi connectivity index (χ4v) is 6.48. The van der Waals surface area contributed by atoms with Crippen molar-refractivity contribution in [3.8, 4) is 28.4 Å². The van der Waals surface area contributed by atoms with Crippen molar-refractivity contribution in [2.45, 2.75) is 64.5 Å². The maximum atomic E-state index is 14.9. The molecular formula is C34H38F3N7O4. The Balaban J connectivity index is 1.31. The molecular weight excluding hydrogens is 627 g/mol. The van der Waals surface area contributed by atoms with E-state index in [-0.39, 0.29) is 34.6 Å². The number of carboxylic acids is 1. The molecule has 14 heteroatoms. The molecule has 0 unspecified atom stereocenters. The number of carboxylic acid groups (broad SMARTS) is 1. The van der Waals surface area contributed by atoms with Crippen molar-refractivity contribution in [3.05, 3.63) is 72.1 Å². The molecule has 0 radical (unpaired) electrons. The highest BCUT2D eigenvalue weighted by Gasteiger charge is 2.46. The number of nitrogens with one attached hydrogen (secondary N) is 1. The van der Waals surface area contributed by atoms with Gasteiger partial charge < -0.3 is 30.5 Å². The molecule has 4 aromatic rings. The van der Waals surface area contributed by atoms with E-state index in [2.05, 4.69) is 20.4 Å². The van der Waals surface area contributed by atoms with Gasteiger partial charge in [-0.3, -0.25) is 4.79 Å². The van der Waals surface area contributed by atoms with E-state index in [1.54, 1.807) is 31.3 Å². The first-order valence-corrected chi connectivity index (χ1v) is 15.8. The minimum Gasteiger partial charge on any atom is -0.491 e. The molecule has 2 aromatic heterocycles. The van der Waals surface area contributed by atoms with Crippen LogP contribution in [-0.4, -0.2) is 68.8 Å². The highest BCUT2D eigenvalue weighted by Crippen LogP contribution is 2.43. The predicted molar refractivity (Wildman–Crippen MR) is 173 cm³/mol. The summed E-state index contributed by atoms with van der Waals surface area (Å²) in [6.07, 6.45) is -3.78. The summed E-state index contributed by atoms with van der Waals surface area (Å²) in [5, 5.41) is 16.9. The summed E-state index contributed by atoms with van der Waals surface area (Å²) in [5.74, 6) is -0.427. The predicted octanol–water partition coefficient (Wildman–Crippen LogP) is 5.72. The van der Waals surface area contributed by atoms with E-state index in [0.29, 0.717) is 61.7 Å². The van der Waals surface area contributed by atoms with Crippen molar-refractivity contribution in [3.63, 3.8) is 0 Å². The number of benzene rings is 2. The fraction of sp³-hybridized carbons (Fsp3) is 0.412. The van der Waals surface area contributed by atoms with Gasteiger partial charge in [0.1, 0.15) is 17.6 Å². The van der Waals surface area contributed by atoms with Crippen molar-refractivity contribution in [2.75, 3.05) is 30.3 Å². The largest absolute Gasteiger partial charge is 0.491 e. The molecule has 2 aliphatic heterocycles. The molecule has 2 aliphatic rings. The van der Waals surface area contributed by atoms with Crippen molar-refractivity contribution >= 4 is 17.7 Å². The third-order valence-corrected chi connectivity index (χ3v) is 8.87. The summed E-state index contributed by atoms with van der Waals surface area (Å²) in [6, 6.07) is 14.5. The van der Waals surface area contributed by atoms with Gasteiger partial charge in [0.15, 0.2) is 0 Å². The Morgan fingerprint density at radius 3 is 2.46 bits per heavy atom. The van der Waals surface area contributed by atoms with Crippen LogP contribution >= 0.6 is 0 Å². The molecule has 2 saturated heterocycles. The van der Waals surface area contributed by atoms with Gasteiger partial charge in [-0.2, -0.15) is 28.2 Å². The Morgan fingerprint density at radius 2 is 1.81 bits per heavy atom. The quantitative estimate of drug-likeness (QED) is 0.203. The van der Waals surface area contributed by atoms with E-state index in [0.717, 1.165) is 5.56 Å². The molecule has 1 spiro atoms. The first-order chi connectivity index (χ1) is 22.8. The maximum Gasteiger partial charge on any atom is 0.429 e.